The lowest BCUT2D eigenvalue weighted by atomic mass is 9.93. The Morgan fingerprint density at radius 2 is 1.96 bits per heavy atom. The first-order valence-electron chi connectivity index (χ1n) is 8.27. The summed E-state index contributed by atoms with van der Waals surface area (Å²) in [6, 6.07) is 7.63. The van der Waals surface area contributed by atoms with Gasteiger partial charge in [0.15, 0.2) is 11.4 Å². The van der Waals surface area contributed by atoms with Gasteiger partial charge in [-0.05, 0) is 56.9 Å². The molecule has 1 saturated carbocycles. The topological polar surface area (TPSA) is 52.6 Å². The van der Waals surface area contributed by atoms with Crippen molar-refractivity contribution in [2.75, 3.05) is 6.26 Å². The molecular weight excluding hydrogens is 324 g/mol. The number of ether oxygens (including phenoxy) is 2. The van der Waals surface area contributed by atoms with Gasteiger partial charge in [-0.2, -0.15) is 11.8 Å². The minimum absolute atomic E-state index is 0.287. The number of aryl methyl sites for hydroxylation is 1. The molecule has 0 aromatic heterocycles. The molecular formula is C19H22O4S. The van der Waals surface area contributed by atoms with Gasteiger partial charge in [0.05, 0.1) is 5.25 Å². The highest BCUT2D eigenvalue weighted by atomic mass is 32.2. The Hall–Kier alpha value is -1.75. The van der Waals surface area contributed by atoms with Crippen LogP contribution in [0.4, 0.5) is 0 Å². The fourth-order valence-corrected chi connectivity index (χ4v) is 3.62. The number of hydrogen-bond acceptors (Lipinski definition) is 5. The van der Waals surface area contributed by atoms with Crippen LogP contribution < -0.4 is 0 Å². The van der Waals surface area contributed by atoms with Crippen molar-refractivity contribution in [2.24, 2.45) is 0 Å². The first-order chi connectivity index (χ1) is 11.5. The van der Waals surface area contributed by atoms with Crippen molar-refractivity contribution < 1.29 is 19.1 Å². The van der Waals surface area contributed by atoms with Crippen LogP contribution in [0.3, 0.4) is 0 Å². The van der Waals surface area contributed by atoms with Gasteiger partial charge in [0, 0.05) is 0 Å². The zero-order chi connectivity index (χ0) is 17.3. The molecule has 128 valence electrons. The van der Waals surface area contributed by atoms with E-state index in [1.54, 1.807) is 6.92 Å². The third-order valence-corrected chi connectivity index (χ3v) is 5.75. The molecule has 1 aliphatic heterocycles. The summed E-state index contributed by atoms with van der Waals surface area (Å²) in [6.07, 6.45) is 5.22. The van der Waals surface area contributed by atoms with E-state index in [9.17, 15) is 9.59 Å². The molecule has 1 aromatic rings. The van der Waals surface area contributed by atoms with Crippen LogP contribution in [0.25, 0.3) is 5.57 Å². The van der Waals surface area contributed by atoms with Crippen LogP contribution in [0.2, 0.25) is 0 Å². The van der Waals surface area contributed by atoms with Gasteiger partial charge in [0.1, 0.15) is 5.57 Å². The second-order valence-electron chi connectivity index (χ2n) is 6.41. The summed E-state index contributed by atoms with van der Waals surface area (Å²) in [6.45, 7) is 3.75. The minimum atomic E-state index is -0.761. The third-order valence-electron chi connectivity index (χ3n) is 4.85. The quantitative estimate of drug-likeness (QED) is 0.775. The second-order valence-corrected chi connectivity index (χ2v) is 7.59. The first kappa shape index (κ1) is 17.1. The van der Waals surface area contributed by atoms with Crippen molar-refractivity contribution in [1.29, 1.82) is 0 Å². The summed E-state index contributed by atoms with van der Waals surface area (Å²) in [5, 5.41) is -0.287. The Morgan fingerprint density at radius 1 is 1.29 bits per heavy atom. The van der Waals surface area contributed by atoms with Crippen LogP contribution in [-0.4, -0.2) is 29.0 Å². The maximum Gasteiger partial charge on any atom is 0.343 e. The Balaban J connectivity index is 2.10. The van der Waals surface area contributed by atoms with Crippen molar-refractivity contribution in [3.05, 3.63) is 41.2 Å². The molecule has 1 fully saturated rings. The average molecular weight is 346 g/mol. The van der Waals surface area contributed by atoms with E-state index in [2.05, 4.69) is 0 Å². The van der Waals surface area contributed by atoms with E-state index < -0.39 is 5.60 Å². The Kier molecular flexibility index (Phi) is 4.72. The van der Waals surface area contributed by atoms with Crippen LogP contribution in [0, 0.1) is 6.92 Å². The van der Waals surface area contributed by atoms with Gasteiger partial charge >= 0.3 is 11.9 Å². The molecule has 2 aliphatic rings. The normalized spacial score (nSPS) is 20.4. The lowest BCUT2D eigenvalue weighted by molar-refractivity contribution is -0.151. The highest BCUT2D eigenvalue weighted by Gasteiger charge is 2.52. The molecule has 1 unspecified atom stereocenters. The number of benzene rings is 1. The van der Waals surface area contributed by atoms with E-state index in [4.69, 9.17) is 9.47 Å². The molecule has 3 rings (SSSR count). The smallest absolute Gasteiger partial charge is 0.343 e. The fraction of sp³-hybridized carbons (Fsp3) is 0.474. The Labute approximate surface area is 146 Å². The summed E-state index contributed by atoms with van der Waals surface area (Å²) >= 11 is 1.43. The van der Waals surface area contributed by atoms with Gasteiger partial charge in [0.25, 0.3) is 0 Å². The Bertz CT molecular complexity index is 701. The van der Waals surface area contributed by atoms with Crippen molar-refractivity contribution in [2.45, 2.75) is 50.4 Å². The predicted octanol–water partition coefficient (Wildman–Crippen LogP) is 3.87. The molecule has 0 saturated heterocycles. The fourth-order valence-electron chi connectivity index (χ4n) is 3.38. The standard InChI is InChI=1S/C19H22O4S/c1-12-8-4-5-9-14(12)15-16(22-17(20)13(2)24-3)19(23-18(15)21)10-6-7-11-19/h4-5,8-9,13H,6-7,10-11H2,1-3H3. The van der Waals surface area contributed by atoms with Gasteiger partial charge < -0.3 is 9.47 Å². The molecule has 0 N–H and O–H groups in total. The molecule has 0 radical (unpaired) electrons. The molecule has 1 heterocycles. The van der Waals surface area contributed by atoms with E-state index in [0.29, 0.717) is 24.2 Å². The maximum absolute atomic E-state index is 12.6. The zero-order valence-electron chi connectivity index (χ0n) is 14.3. The highest BCUT2D eigenvalue weighted by molar-refractivity contribution is 7.99. The van der Waals surface area contributed by atoms with Crippen LogP contribution in [0.1, 0.15) is 43.7 Å². The van der Waals surface area contributed by atoms with E-state index in [1.807, 2.05) is 37.4 Å². The van der Waals surface area contributed by atoms with Crippen LogP contribution in [-0.2, 0) is 19.1 Å². The average Bonchev–Trinajstić information content (AvgIpc) is 3.13. The minimum Gasteiger partial charge on any atom is -0.447 e. The molecule has 1 aromatic carbocycles. The third kappa shape index (κ3) is 2.86. The van der Waals surface area contributed by atoms with Gasteiger partial charge in [-0.15, -0.1) is 0 Å². The van der Waals surface area contributed by atoms with Gasteiger partial charge in [-0.1, -0.05) is 24.3 Å². The molecule has 0 bridgehead atoms. The number of thioether (sulfide) groups is 1. The van der Waals surface area contributed by atoms with Gasteiger partial charge in [0.2, 0.25) is 0 Å². The number of carbonyl (C=O) groups is 2. The molecule has 0 amide bonds. The van der Waals surface area contributed by atoms with E-state index in [0.717, 1.165) is 24.0 Å². The van der Waals surface area contributed by atoms with E-state index >= 15 is 0 Å². The summed E-state index contributed by atoms with van der Waals surface area (Å²) < 4.78 is 11.5. The summed E-state index contributed by atoms with van der Waals surface area (Å²) in [4.78, 5) is 25.0. The van der Waals surface area contributed by atoms with Crippen molar-refractivity contribution in [1.82, 2.24) is 0 Å². The first-order valence-corrected chi connectivity index (χ1v) is 9.56. The number of hydrogen-bond donors (Lipinski definition) is 0. The molecule has 1 aliphatic carbocycles. The lowest BCUT2D eigenvalue weighted by Gasteiger charge is -2.25. The number of rotatable bonds is 4. The van der Waals surface area contributed by atoms with Crippen LogP contribution in [0.5, 0.6) is 0 Å². The van der Waals surface area contributed by atoms with Crippen molar-refractivity contribution in [3.8, 4) is 0 Å². The van der Waals surface area contributed by atoms with E-state index in [1.165, 1.54) is 11.8 Å². The lowest BCUT2D eigenvalue weighted by Crippen LogP contribution is -2.31. The largest absolute Gasteiger partial charge is 0.447 e. The van der Waals surface area contributed by atoms with Crippen LogP contribution >= 0.6 is 11.8 Å². The maximum atomic E-state index is 12.6. The second kappa shape index (κ2) is 6.63. The molecule has 1 atom stereocenters. The highest BCUT2D eigenvalue weighted by Crippen LogP contribution is 2.48. The van der Waals surface area contributed by atoms with Crippen LogP contribution in [0.15, 0.2) is 30.0 Å². The SMILES string of the molecule is CSC(C)C(=O)OC1=C(c2ccccc2C)C(=O)OC12CCCC2. The van der Waals surface area contributed by atoms with Crippen molar-refractivity contribution in [3.63, 3.8) is 0 Å². The van der Waals surface area contributed by atoms with Crippen molar-refractivity contribution >= 4 is 29.3 Å². The monoisotopic (exact) mass is 346 g/mol. The van der Waals surface area contributed by atoms with Gasteiger partial charge in [-0.25, -0.2) is 4.79 Å². The Morgan fingerprint density at radius 3 is 2.58 bits per heavy atom. The van der Waals surface area contributed by atoms with Gasteiger partial charge in [-0.3, -0.25) is 4.79 Å². The summed E-state index contributed by atoms with van der Waals surface area (Å²) in [5.74, 6) is -0.288. The number of esters is 2. The zero-order valence-corrected chi connectivity index (χ0v) is 15.1. The number of carbonyl (C=O) groups excluding carboxylic acids is 2. The summed E-state index contributed by atoms with van der Waals surface area (Å²) in [5.41, 5.74) is 1.40. The molecule has 1 spiro atoms. The molecule has 4 nitrogen and oxygen atoms in total. The predicted molar refractivity (Wildman–Crippen MR) is 94.5 cm³/mol. The summed E-state index contributed by atoms with van der Waals surface area (Å²) in [7, 11) is 0. The van der Waals surface area contributed by atoms with E-state index in [-0.39, 0.29) is 17.2 Å². The molecule has 24 heavy (non-hydrogen) atoms. The molecule has 5 heteroatoms.